The summed E-state index contributed by atoms with van der Waals surface area (Å²) >= 11 is 0. The third-order valence-electron chi connectivity index (χ3n) is 2.16. The van der Waals surface area contributed by atoms with E-state index in [2.05, 4.69) is 10.2 Å². The lowest BCUT2D eigenvalue weighted by Gasteiger charge is -2.03. The first kappa shape index (κ1) is 10.3. The van der Waals surface area contributed by atoms with Crippen LogP contribution in [0.5, 0.6) is 0 Å². The highest BCUT2D eigenvalue weighted by Gasteiger charge is 2.10. The van der Waals surface area contributed by atoms with Gasteiger partial charge in [-0.05, 0) is 11.6 Å². The highest BCUT2D eigenvalue weighted by molar-refractivity contribution is 5.25. The van der Waals surface area contributed by atoms with Gasteiger partial charge in [-0.2, -0.15) is 0 Å². The molecule has 0 fully saturated rings. The van der Waals surface area contributed by atoms with Crippen molar-refractivity contribution in [1.29, 1.82) is 0 Å². The third kappa shape index (κ3) is 1.79. The van der Waals surface area contributed by atoms with Crippen LogP contribution >= 0.6 is 0 Å². The molecule has 0 bridgehead atoms. The van der Waals surface area contributed by atoms with Gasteiger partial charge in [0.1, 0.15) is 11.6 Å². The lowest BCUT2D eigenvalue weighted by molar-refractivity contribution is 0.573. The van der Waals surface area contributed by atoms with Crippen molar-refractivity contribution < 1.29 is 8.78 Å². The van der Waals surface area contributed by atoms with Gasteiger partial charge in [0.2, 0.25) is 5.95 Å². The smallest absolute Gasteiger partial charge is 0.240 e. The summed E-state index contributed by atoms with van der Waals surface area (Å²) in [5, 5.41) is 7.21. The number of nitrogens with two attached hydrogens (primary N) is 2. The maximum Gasteiger partial charge on any atom is 0.240 e. The van der Waals surface area contributed by atoms with Gasteiger partial charge < -0.3 is 11.6 Å². The molecule has 16 heavy (non-hydrogen) atoms. The van der Waals surface area contributed by atoms with E-state index in [1.54, 1.807) is 0 Å². The molecule has 0 amide bonds. The molecule has 0 aliphatic rings. The summed E-state index contributed by atoms with van der Waals surface area (Å²) in [7, 11) is 0. The van der Waals surface area contributed by atoms with Gasteiger partial charge in [-0.15, -0.1) is 10.2 Å². The standard InChI is InChI=1S/C9H9F2N5/c10-6-2-1-5(7(11)4-6)3-8-14-15-9(12)16(8)13/h1-2,4H,3,13H2,(H2,12,15). The van der Waals surface area contributed by atoms with E-state index in [-0.39, 0.29) is 17.9 Å². The van der Waals surface area contributed by atoms with Gasteiger partial charge >= 0.3 is 0 Å². The molecule has 0 atom stereocenters. The number of rotatable bonds is 2. The minimum absolute atomic E-state index is 0.0394. The number of anilines is 1. The van der Waals surface area contributed by atoms with Crippen LogP contribution in [-0.2, 0) is 6.42 Å². The molecular weight excluding hydrogens is 216 g/mol. The van der Waals surface area contributed by atoms with Gasteiger partial charge in [-0.25, -0.2) is 13.5 Å². The molecule has 0 radical (unpaired) electrons. The average Bonchev–Trinajstić information content (AvgIpc) is 2.54. The highest BCUT2D eigenvalue weighted by atomic mass is 19.1. The van der Waals surface area contributed by atoms with Gasteiger partial charge in [-0.1, -0.05) is 6.07 Å². The van der Waals surface area contributed by atoms with Gasteiger partial charge in [0.15, 0.2) is 5.82 Å². The molecule has 7 heteroatoms. The lowest BCUT2D eigenvalue weighted by atomic mass is 10.1. The highest BCUT2D eigenvalue weighted by Crippen LogP contribution is 2.13. The van der Waals surface area contributed by atoms with Crippen molar-refractivity contribution in [3.05, 3.63) is 41.2 Å². The molecule has 0 spiro atoms. The van der Waals surface area contributed by atoms with Gasteiger partial charge in [-0.3, -0.25) is 0 Å². The summed E-state index contributed by atoms with van der Waals surface area (Å²) in [6, 6.07) is 3.30. The molecule has 4 N–H and O–H groups in total. The Kier molecular flexibility index (Phi) is 2.43. The minimum Gasteiger partial charge on any atom is -0.366 e. The molecule has 1 aromatic heterocycles. The third-order valence-corrected chi connectivity index (χ3v) is 2.16. The van der Waals surface area contributed by atoms with Crippen molar-refractivity contribution in [2.75, 3.05) is 11.6 Å². The average molecular weight is 225 g/mol. The van der Waals surface area contributed by atoms with Crippen LogP contribution in [0, 0.1) is 11.6 Å². The van der Waals surface area contributed by atoms with Crippen LogP contribution in [0.25, 0.3) is 0 Å². The molecule has 0 aliphatic heterocycles. The molecule has 2 rings (SSSR count). The van der Waals surface area contributed by atoms with Crippen molar-refractivity contribution in [2.24, 2.45) is 0 Å². The van der Waals surface area contributed by atoms with Crippen LogP contribution in [0.15, 0.2) is 18.2 Å². The normalized spacial score (nSPS) is 10.6. The fourth-order valence-electron chi connectivity index (χ4n) is 1.29. The Hall–Kier alpha value is -2.18. The molecule has 5 nitrogen and oxygen atoms in total. The predicted molar refractivity (Wildman–Crippen MR) is 53.7 cm³/mol. The zero-order valence-corrected chi connectivity index (χ0v) is 8.19. The summed E-state index contributed by atoms with van der Waals surface area (Å²) in [5.74, 6) is 4.57. The van der Waals surface area contributed by atoms with E-state index in [1.807, 2.05) is 0 Å². The molecule has 84 valence electrons. The second-order valence-corrected chi connectivity index (χ2v) is 3.26. The molecule has 1 heterocycles. The van der Waals surface area contributed by atoms with E-state index < -0.39 is 11.6 Å². The zero-order valence-electron chi connectivity index (χ0n) is 8.19. The van der Waals surface area contributed by atoms with Crippen molar-refractivity contribution in [3.8, 4) is 0 Å². The monoisotopic (exact) mass is 225 g/mol. The van der Waals surface area contributed by atoms with Gasteiger partial charge in [0, 0.05) is 12.5 Å². The Morgan fingerprint density at radius 2 is 2.00 bits per heavy atom. The SMILES string of the molecule is Nc1nnc(Cc2ccc(F)cc2F)n1N. The second kappa shape index (κ2) is 3.76. The molecule has 0 unspecified atom stereocenters. The van der Waals surface area contributed by atoms with Crippen LogP contribution in [0.3, 0.4) is 0 Å². The first-order valence-electron chi connectivity index (χ1n) is 4.46. The molecule has 0 saturated heterocycles. The van der Waals surface area contributed by atoms with E-state index in [0.29, 0.717) is 5.82 Å². The van der Waals surface area contributed by atoms with Crippen molar-refractivity contribution >= 4 is 5.95 Å². The summed E-state index contributed by atoms with van der Waals surface area (Å²) in [4.78, 5) is 0. The first-order valence-corrected chi connectivity index (χ1v) is 4.46. The summed E-state index contributed by atoms with van der Waals surface area (Å²) in [6.45, 7) is 0. The molecule has 2 aromatic rings. The summed E-state index contributed by atoms with van der Waals surface area (Å²) < 4.78 is 27.0. The number of nitrogen functional groups attached to an aromatic ring is 2. The van der Waals surface area contributed by atoms with Gasteiger partial charge in [0.25, 0.3) is 0 Å². The number of halogens is 2. The fraction of sp³-hybridized carbons (Fsp3) is 0.111. The number of benzene rings is 1. The maximum atomic E-state index is 13.3. The minimum atomic E-state index is -0.651. The molecule has 0 saturated carbocycles. The largest absolute Gasteiger partial charge is 0.366 e. The van der Waals surface area contributed by atoms with E-state index in [4.69, 9.17) is 11.6 Å². The van der Waals surface area contributed by atoms with E-state index in [0.717, 1.165) is 10.7 Å². The van der Waals surface area contributed by atoms with Crippen LogP contribution in [-0.4, -0.2) is 14.9 Å². The lowest BCUT2D eigenvalue weighted by Crippen LogP contribution is -2.16. The summed E-state index contributed by atoms with van der Waals surface area (Å²) in [5.41, 5.74) is 5.65. The van der Waals surface area contributed by atoms with E-state index in [9.17, 15) is 8.78 Å². The Labute approximate surface area is 89.7 Å². The first-order chi connectivity index (χ1) is 7.58. The molecule has 0 aliphatic carbocycles. The van der Waals surface area contributed by atoms with E-state index >= 15 is 0 Å². The Bertz CT molecular complexity index is 523. The van der Waals surface area contributed by atoms with Crippen molar-refractivity contribution in [1.82, 2.24) is 14.9 Å². The van der Waals surface area contributed by atoms with Crippen molar-refractivity contribution in [3.63, 3.8) is 0 Å². The number of nitrogens with zero attached hydrogens (tertiary/aromatic N) is 3. The topological polar surface area (TPSA) is 82.8 Å². The van der Waals surface area contributed by atoms with Crippen LogP contribution in [0.4, 0.5) is 14.7 Å². The maximum absolute atomic E-state index is 13.3. The zero-order chi connectivity index (χ0) is 11.7. The number of aromatic nitrogens is 3. The van der Waals surface area contributed by atoms with Crippen LogP contribution < -0.4 is 11.6 Å². The van der Waals surface area contributed by atoms with Gasteiger partial charge in [0.05, 0.1) is 0 Å². The Morgan fingerprint density at radius 3 is 2.56 bits per heavy atom. The second-order valence-electron chi connectivity index (χ2n) is 3.26. The Morgan fingerprint density at radius 1 is 1.25 bits per heavy atom. The molecular formula is C9H9F2N5. The van der Waals surface area contributed by atoms with Crippen molar-refractivity contribution in [2.45, 2.75) is 6.42 Å². The quantitative estimate of drug-likeness (QED) is 0.726. The molecule has 1 aromatic carbocycles. The Balaban J connectivity index is 2.30. The predicted octanol–water partition coefficient (Wildman–Crippen LogP) is 0.443. The number of hydrogen-bond acceptors (Lipinski definition) is 4. The van der Waals surface area contributed by atoms with Crippen LogP contribution in [0.2, 0.25) is 0 Å². The van der Waals surface area contributed by atoms with E-state index in [1.165, 1.54) is 12.1 Å². The number of hydrogen-bond donors (Lipinski definition) is 2. The summed E-state index contributed by atoms with van der Waals surface area (Å²) in [6.07, 6.45) is 0.104. The van der Waals surface area contributed by atoms with Crippen LogP contribution in [0.1, 0.15) is 11.4 Å². The fourth-order valence-corrected chi connectivity index (χ4v) is 1.29.